The highest BCUT2D eigenvalue weighted by atomic mass is 19.1. The van der Waals surface area contributed by atoms with Crippen molar-refractivity contribution in [2.24, 2.45) is 17.6 Å². The van der Waals surface area contributed by atoms with Gasteiger partial charge in [-0.15, -0.1) is 0 Å². The summed E-state index contributed by atoms with van der Waals surface area (Å²) in [6.45, 7) is 3.30. The molecule has 3 N–H and O–H groups in total. The number of nitrogens with one attached hydrogen (secondary N) is 1. The van der Waals surface area contributed by atoms with Crippen LogP contribution in [0.4, 0.5) is 4.39 Å². The van der Waals surface area contributed by atoms with E-state index in [4.69, 9.17) is 5.73 Å². The summed E-state index contributed by atoms with van der Waals surface area (Å²) in [4.78, 5) is 26.8. The van der Waals surface area contributed by atoms with Crippen LogP contribution in [-0.2, 0) is 16.1 Å². The van der Waals surface area contributed by atoms with Crippen molar-refractivity contribution in [2.45, 2.75) is 51.6 Å². The van der Waals surface area contributed by atoms with Crippen molar-refractivity contribution in [3.8, 4) is 0 Å². The van der Waals surface area contributed by atoms with Crippen molar-refractivity contribution >= 4 is 11.8 Å². The van der Waals surface area contributed by atoms with E-state index >= 15 is 0 Å². The Bertz CT molecular complexity index is 671. The maximum absolute atomic E-state index is 13.6. The number of carbonyl (C=O) groups is 2. The number of benzene rings is 1. The van der Waals surface area contributed by atoms with Crippen molar-refractivity contribution < 1.29 is 14.0 Å². The van der Waals surface area contributed by atoms with Gasteiger partial charge in [0, 0.05) is 37.5 Å². The molecule has 1 saturated carbocycles. The Morgan fingerprint density at radius 1 is 1.19 bits per heavy atom. The summed E-state index contributed by atoms with van der Waals surface area (Å²) < 4.78 is 13.6. The molecule has 1 aromatic carbocycles. The number of aryl methyl sites for hydroxylation is 1. The first-order valence-electron chi connectivity index (χ1n) is 9.51. The van der Waals surface area contributed by atoms with E-state index in [0.717, 1.165) is 24.8 Å². The van der Waals surface area contributed by atoms with Crippen molar-refractivity contribution in [1.82, 2.24) is 10.2 Å². The molecule has 0 bridgehead atoms. The van der Waals surface area contributed by atoms with Crippen LogP contribution in [0, 0.1) is 24.6 Å². The summed E-state index contributed by atoms with van der Waals surface area (Å²) >= 11 is 0. The molecule has 6 heteroatoms. The zero-order valence-electron chi connectivity index (χ0n) is 15.3. The highest BCUT2D eigenvalue weighted by Gasteiger charge is 2.34. The van der Waals surface area contributed by atoms with Crippen LogP contribution in [0.5, 0.6) is 0 Å². The topological polar surface area (TPSA) is 75.4 Å². The molecule has 2 atom stereocenters. The summed E-state index contributed by atoms with van der Waals surface area (Å²) in [5.41, 5.74) is 7.26. The Labute approximate surface area is 154 Å². The standard InChI is InChI=1S/C20H28FN3O2/c1-13-2-3-14(10-18(13)21)12-23-19(25)15-6-8-24(9-7-15)20(26)16-4-5-17(22)11-16/h2-3,10,15-17H,4-9,11-12,22H2,1H3,(H,23,25). The smallest absolute Gasteiger partial charge is 0.225 e. The zero-order chi connectivity index (χ0) is 18.7. The lowest BCUT2D eigenvalue weighted by molar-refractivity contribution is -0.139. The molecule has 2 unspecified atom stereocenters. The van der Waals surface area contributed by atoms with Crippen molar-refractivity contribution in [1.29, 1.82) is 0 Å². The Hall–Kier alpha value is -1.95. The maximum atomic E-state index is 13.6. The number of carbonyl (C=O) groups excluding carboxylic acids is 2. The fraction of sp³-hybridized carbons (Fsp3) is 0.600. The minimum absolute atomic E-state index is 0.0130. The van der Waals surface area contributed by atoms with Gasteiger partial charge in [0.2, 0.25) is 11.8 Å². The lowest BCUT2D eigenvalue weighted by atomic mass is 9.94. The van der Waals surface area contributed by atoms with Crippen LogP contribution in [0.2, 0.25) is 0 Å². The highest BCUT2D eigenvalue weighted by Crippen LogP contribution is 2.28. The summed E-state index contributed by atoms with van der Waals surface area (Å²) in [7, 11) is 0. The van der Waals surface area contributed by atoms with E-state index in [1.54, 1.807) is 13.0 Å². The zero-order valence-corrected chi connectivity index (χ0v) is 15.3. The monoisotopic (exact) mass is 361 g/mol. The second-order valence-electron chi connectivity index (χ2n) is 7.67. The number of nitrogens with zero attached hydrogens (tertiary/aromatic N) is 1. The van der Waals surface area contributed by atoms with E-state index in [9.17, 15) is 14.0 Å². The SMILES string of the molecule is Cc1ccc(CNC(=O)C2CCN(C(=O)C3CCC(N)C3)CC2)cc1F. The fourth-order valence-electron chi connectivity index (χ4n) is 3.94. The van der Waals surface area contributed by atoms with Gasteiger partial charge in [-0.05, 0) is 56.2 Å². The van der Waals surface area contributed by atoms with E-state index in [2.05, 4.69) is 5.32 Å². The maximum Gasteiger partial charge on any atom is 0.225 e. The number of hydrogen-bond acceptors (Lipinski definition) is 3. The molecule has 2 aliphatic rings. The van der Waals surface area contributed by atoms with E-state index in [1.165, 1.54) is 6.07 Å². The van der Waals surface area contributed by atoms with Crippen LogP contribution in [0.15, 0.2) is 18.2 Å². The van der Waals surface area contributed by atoms with E-state index < -0.39 is 0 Å². The fourth-order valence-corrected chi connectivity index (χ4v) is 3.94. The van der Waals surface area contributed by atoms with Crippen LogP contribution >= 0.6 is 0 Å². The second-order valence-corrected chi connectivity index (χ2v) is 7.67. The third-order valence-corrected chi connectivity index (χ3v) is 5.70. The number of likely N-dealkylation sites (tertiary alicyclic amines) is 1. The minimum atomic E-state index is -0.254. The molecule has 2 fully saturated rings. The van der Waals surface area contributed by atoms with Crippen molar-refractivity contribution in [3.05, 3.63) is 35.1 Å². The Kier molecular flexibility index (Phi) is 5.91. The average Bonchev–Trinajstić information content (AvgIpc) is 3.08. The Morgan fingerprint density at radius 3 is 2.54 bits per heavy atom. The summed E-state index contributed by atoms with van der Waals surface area (Å²) in [5, 5.41) is 2.89. The molecule has 3 rings (SSSR count). The minimum Gasteiger partial charge on any atom is -0.352 e. The molecule has 1 aliphatic heterocycles. The van der Waals surface area contributed by atoms with Gasteiger partial charge in [-0.1, -0.05) is 12.1 Å². The molecule has 0 radical (unpaired) electrons. The van der Waals surface area contributed by atoms with Crippen LogP contribution in [-0.4, -0.2) is 35.8 Å². The predicted octanol–water partition coefficient (Wildman–Crippen LogP) is 2.12. The van der Waals surface area contributed by atoms with Gasteiger partial charge in [-0.3, -0.25) is 9.59 Å². The first-order valence-corrected chi connectivity index (χ1v) is 9.51. The van der Waals surface area contributed by atoms with Gasteiger partial charge < -0.3 is 16.0 Å². The van der Waals surface area contributed by atoms with Gasteiger partial charge in [-0.25, -0.2) is 4.39 Å². The van der Waals surface area contributed by atoms with Crippen LogP contribution in [0.3, 0.4) is 0 Å². The number of hydrogen-bond donors (Lipinski definition) is 2. The van der Waals surface area contributed by atoms with Crippen LogP contribution < -0.4 is 11.1 Å². The molecule has 1 aromatic rings. The summed E-state index contributed by atoms with van der Waals surface area (Å²) in [6.07, 6.45) is 3.95. The number of nitrogens with two attached hydrogens (primary N) is 1. The number of amides is 2. The van der Waals surface area contributed by atoms with Gasteiger partial charge >= 0.3 is 0 Å². The molecule has 0 spiro atoms. The molecule has 26 heavy (non-hydrogen) atoms. The normalized spacial score (nSPS) is 23.9. The molecule has 142 valence electrons. The number of piperidine rings is 1. The molecule has 0 aromatic heterocycles. The molecular formula is C20H28FN3O2. The van der Waals surface area contributed by atoms with Gasteiger partial charge in [0.15, 0.2) is 0 Å². The van der Waals surface area contributed by atoms with E-state index in [1.807, 2.05) is 11.0 Å². The molecule has 2 amide bonds. The van der Waals surface area contributed by atoms with Gasteiger partial charge in [0.1, 0.15) is 5.82 Å². The Morgan fingerprint density at radius 2 is 1.92 bits per heavy atom. The van der Waals surface area contributed by atoms with Crippen molar-refractivity contribution in [3.63, 3.8) is 0 Å². The van der Waals surface area contributed by atoms with Crippen LogP contribution in [0.1, 0.15) is 43.2 Å². The first-order chi connectivity index (χ1) is 12.4. The second kappa shape index (κ2) is 8.16. The molecule has 1 heterocycles. The average molecular weight is 361 g/mol. The molecular weight excluding hydrogens is 333 g/mol. The van der Waals surface area contributed by atoms with Gasteiger partial charge in [0.25, 0.3) is 0 Å². The largest absolute Gasteiger partial charge is 0.352 e. The van der Waals surface area contributed by atoms with Crippen molar-refractivity contribution in [2.75, 3.05) is 13.1 Å². The quantitative estimate of drug-likeness (QED) is 0.862. The molecule has 1 aliphatic carbocycles. The highest BCUT2D eigenvalue weighted by molar-refractivity contribution is 5.81. The lowest BCUT2D eigenvalue weighted by Crippen LogP contribution is -2.44. The molecule has 1 saturated heterocycles. The number of rotatable bonds is 4. The van der Waals surface area contributed by atoms with Gasteiger partial charge in [-0.2, -0.15) is 0 Å². The number of halogens is 1. The van der Waals surface area contributed by atoms with E-state index in [-0.39, 0.29) is 35.5 Å². The third kappa shape index (κ3) is 4.41. The van der Waals surface area contributed by atoms with Crippen LogP contribution in [0.25, 0.3) is 0 Å². The first kappa shape index (κ1) is 18.8. The van der Waals surface area contributed by atoms with E-state index in [0.29, 0.717) is 38.0 Å². The predicted molar refractivity (Wildman–Crippen MR) is 97.6 cm³/mol. The van der Waals surface area contributed by atoms with Gasteiger partial charge in [0.05, 0.1) is 0 Å². The summed E-state index contributed by atoms with van der Waals surface area (Å²) in [6, 6.07) is 5.16. The Balaban J connectivity index is 1.44. The summed E-state index contributed by atoms with van der Waals surface area (Å²) in [5.74, 6) is -0.0879. The molecule has 5 nitrogen and oxygen atoms in total. The third-order valence-electron chi connectivity index (χ3n) is 5.70. The lowest BCUT2D eigenvalue weighted by Gasteiger charge is -2.33.